The van der Waals surface area contributed by atoms with Crippen molar-refractivity contribution in [2.24, 2.45) is 20.0 Å². The SMILES string of the molecule is Cn1ccnc1CN(CCCC[C@H](CC(=O)CCCCCCC(=O)NCCCC[C@H](NC(=O)N[C@@H](CCC(=O)OC(C)(C)C)C(=O)OC(C)(C)C)C(=O)OC(C)(C)C)C(=O)O)Cc1nccn1C. The summed E-state index contributed by atoms with van der Waals surface area (Å²) < 4.78 is 20.3. The molecule has 0 spiro atoms. The van der Waals surface area contributed by atoms with E-state index in [0.29, 0.717) is 71.0 Å². The summed E-state index contributed by atoms with van der Waals surface area (Å²) in [7, 11) is 3.91. The molecule has 2 aromatic rings. The molecule has 0 saturated carbocycles. The van der Waals surface area contributed by atoms with E-state index in [2.05, 4.69) is 30.8 Å². The van der Waals surface area contributed by atoms with Crippen LogP contribution in [0.2, 0.25) is 0 Å². The van der Waals surface area contributed by atoms with E-state index >= 15 is 0 Å². The van der Waals surface area contributed by atoms with Crippen LogP contribution in [0.5, 0.6) is 0 Å². The van der Waals surface area contributed by atoms with E-state index in [9.17, 15) is 38.7 Å². The van der Waals surface area contributed by atoms with Gasteiger partial charge in [-0.1, -0.05) is 19.3 Å². The number of Topliss-reactive ketones (excluding diaryl/α,β-unsaturated/α-hetero) is 1. The van der Waals surface area contributed by atoms with Crippen molar-refractivity contribution in [3.8, 4) is 0 Å². The van der Waals surface area contributed by atoms with Gasteiger partial charge in [-0.2, -0.15) is 0 Å². The molecule has 0 bridgehead atoms. The molecule has 0 radical (unpaired) electrons. The van der Waals surface area contributed by atoms with Crippen LogP contribution < -0.4 is 16.0 Å². The van der Waals surface area contributed by atoms with Gasteiger partial charge in [0, 0.05) is 71.1 Å². The molecule has 3 atom stereocenters. The first-order valence-corrected chi connectivity index (χ1v) is 24.1. The Morgan fingerprint density at radius 2 is 1.13 bits per heavy atom. The monoisotopic (exact) mass is 959 g/mol. The van der Waals surface area contributed by atoms with Gasteiger partial charge in [0.2, 0.25) is 5.91 Å². The number of nitrogens with one attached hydrogen (secondary N) is 3. The molecule has 0 unspecified atom stereocenters. The molecule has 0 saturated heterocycles. The summed E-state index contributed by atoms with van der Waals surface area (Å²) in [6.07, 6.45) is 13.5. The molecular weight excluding hydrogens is 877 g/mol. The van der Waals surface area contributed by atoms with Crippen molar-refractivity contribution >= 4 is 41.6 Å². The second-order valence-corrected chi connectivity index (χ2v) is 20.6. The fourth-order valence-corrected chi connectivity index (χ4v) is 7.14. The van der Waals surface area contributed by atoms with Gasteiger partial charge in [-0.25, -0.2) is 24.4 Å². The Bertz CT molecular complexity index is 1860. The number of urea groups is 1. The lowest BCUT2D eigenvalue weighted by Gasteiger charge is -2.27. The topological polar surface area (TPSA) is 242 Å². The minimum Gasteiger partial charge on any atom is -0.481 e. The Kier molecular flexibility index (Phi) is 25.0. The molecular formula is C49H82N8O11. The fraction of sp³-hybridized carbons (Fsp3) is 0.735. The molecule has 0 aromatic carbocycles. The maximum absolute atomic E-state index is 13.2. The van der Waals surface area contributed by atoms with Crippen LogP contribution >= 0.6 is 0 Å². The Balaban J connectivity index is 1.73. The van der Waals surface area contributed by atoms with Crippen LogP contribution in [-0.4, -0.2) is 113 Å². The lowest BCUT2D eigenvalue weighted by Crippen LogP contribution is -2.53. The summed E-state index contributed by atoms with van der Waals surface area (Å²) in [5.41, 5.74) is -2.42. The third kappa shape index (κ3) is 26.3. The average molecular weight is 959 g/mol. The number of hydrogen-bond acceptors (Lipinski definition) is 13. The highest BCUT2D eigenvalue weighted by Crippen LogP contribution is 2.19. The standard InChI is InChI=1S/C49H82N8O11/c1-47(2,3)66-42(60)25-24-38(45(64)68-49(7,8)9)54-46(65)53-37(44(63)67-48(4,5)6)22-16-18-26-52-41(59)23-15-13-12-14-21-36(58)32-35(43(61)62)20-17-19-29-57(33-39-50-27-30-55(39)10)34-40-51-28-31-56(40)11/h27-28,30-31,35,37-38H,12-26,29,32-34H2,1-11H3,(H,52,59)(H,61,62)(H2,53,54,65)/t35-,37+,38+/m1/s1. The van der Waals surface area contributed by atoms with Crippen LogP contribution in [0.25, 0.3) is 0 Å². The van der Waals surface area contributed by atoms with Gasteiger partial charge in [0.1, 0.15) is 46.3 Å². The normalized spacial score (nSPS) is 13.3. The number of hydrogen-bond donors (Lipinski definition) is 4. The largest absolute Gasteiger partial charge is 0.481 e. The predicted octanol–water partition coefficient (Wildman–Crippen LogP) is 6.45. The van der Waals surface area contributed by atoms with Crippen LogP contribution in [0.1, 0.15) is 170 Å². The molecule has 3 amide bonds. The molecule has 2 rings (SSSR count). The number of carbonyl (C=O) groups excluding carboxylic acids is 6. The Hall–Kier alpha value is -5.33. The number of unbranched alkanes of at least 4 members (excludes halogenated alkanes) is 5. The number of carboxylic acids is 1. The second kappa shape index (κ2) is 28.9. The average Bonchev–Trinajstić information content (AvgIpc) is 3.81. The van der Waals surface area contributed by atoms with Crippen molar-refractivity contribution in [2.75, 3.05) is 13.1 Å². The smallest absolute Gasteiger partial charge is 0.329 e. The van der Waals surface area contributed by atoms with Gasteiger partial charge in [-0.15, -0.1) is 0 Å². The van der Waals surface area contributed by atoms with E-state index in [-0.39, 0.29) is 37.4 Å². The van der Waals surface area contributed by atoms with Gasteiger partial charge in [0.25, 0.3) is 0 Å². The van der Waals surface area contributed by atoms with Crippen LogP contribution in [0.4, 0.5) is 4.79 Å². The van der Waals surface area contributed by atoms with Gasteiger partial charge in [0.15, 0.2) is 0 Å². The third-order valence-corrected chi connectivity index (χ3v) is 10.6. The first-order chi connectivity index (χ1) is 31.7. The van der Waals surface area contributed by atoms with Gasteiger partial charge < -0.3 is 44.4 Å². The molecule has 0 fully saturated rings. The number of aromatic nitrogens is 4. The first kappa shape index (κ1) is 58.8. The maximum Gasteiger partial charge on any atom is 0.329 e. The maximum atomic E-state index is 13.2. The highest BCUT2D eigenvalue weighted by molar-refractivity contribution is 5.87. The van der Waals surface area contributed by atoms with Crippen molar-refractivity contribution in [2.45, 2.75) is 201 Å². The summed E-state index contributed by atoms with van der Waals surface area (Å²) in [6, 6.07) is -3.08. The van der Waals surface area contributed by atoms with E-state index in [1.165, 1.54) is 0 Å². The Morgan fingerprint density at radius 3 is 1.62 bits per heavy atom. The summed E-state index contributed by atoms with van der Waals surface area (Å²) in [6.45, 7) is 17.7. The number of ether oxygens (including phenoxy) is 3. The molecule has 0 aliphatic heterocycles. The number of esters is 3. The zero-order valence-corrected chi connectivity index (χ0v) is 42.7. The van der Waals surface area contributed by atoms with E-state index in [1.54, 1.807) is 74.7 Å². The van der Waals surface area contributed by atoms with Crippen LogP contribution in [-0.2, 0) is 70.2 Å². The number of carbonyl (C=O) groups is 7. The minimum atomic E-state index is -1.20. The van der Waals surface area contributed by atoms with Gasteiger partial charge in [-0.3, -0.25) is 24.1 Å². The number of aliphatic carboxylic acids is 1. The molecule has 0 aliphatic rings. The van der Waals surface area contributed by atoms with Crippen molar-refractivity contribution in [3.63, 3.8) is 0 Å². The van der Waals surface area contributed by atoms with Crippen LogP contribution in [0.3, 0.4) is 0 Å². The first-order valence-electron chi connectivity index (χ1n) is 24.1. The quantitative estimate of drug-likeness (QED) is 0.0361. The number of rotatable bonds is 31. The van der Waals surface area contributed by atoms with E-state index < -0.39 is 64.7 Å². The molecule has 2 heterocycles. The van der Waals surface area contributed by atoms with Gasteiger partial charge >= 0.3 is 29.9 Å². The zero-order chi connectivity index (χ0) is 51.1. The summed E-state index contributed by atoms with van der Waals surface area (Å²) in [5.74, 6) is -1.96. The van der Waals surface area contributed by atoms with Gasteiger partial charge in [-0.05, 0) is 120 Å². The molecule has 2 aromatic heterocycles. The van der Waals surface area contributed by atoms with Crippen LogP contribution in [0, 0.1) is 5.92 Å². The molecule has 19 heteroatoms. The molecule has 68 heavy (non-hydrogen) atoms. The summed E-state index contributed by atoms with van der Waals surface area (Å²) >= 11 is 0. The molecule has 384 valence electrons. The van der Waals surface area contributed by atoms with E-state index in [1.807, 2.05) is 35.6 Å². The Labute approximate surface area is 403 Å². The number of amides is 3. The summed E-state index contributed by atoms with van der Waals surface area (Å²) in [4.78, 5) is 100. The lowest BCUT2D eigenvalue weighted by atomic mass is 9.94. The number of ketones is 1. The molecule has 19 nitrogen and oxygen atoms in total. The molecule has 0 aliphatic carbocycles. The van der Waals surface area contributed by atoms with Crippen LogP contribution in [0.15, 0.2) is 24.8 Å². The number of carboxylic acid groups (broad SMARTS) is 1. The third-order valence-electron chi connectivity index (χ3n) is 10.6. The summed E-state index contributed by atoms with van der Waals surface area (Å²) in [5, 5.41) is 17.9. The van der Waals surface area contributed by atoms with Crippen molar-refractivity contribution in [3.05, 3.63) is 36.4 Å². The number of aryl methyl sites for hydroxylation is 2. The van der Waals surface area contributed by atoms with E-state index in [0.717, 1.165) is 37.5 Å². The predicted molar refractivity (Wildman–Crippen MR) is 256 cm³/mol. The second-order valence-electron chi connectivity index (χ2n) is 20.6. The highest BCUT2D eigenvalue weighted by Gasteiger charge is 2.31. The highest BCUT2D eigenvalue weighted by atomic mass is 16.6. The lowest BCUT2D eigenvalue weighted by molar-refractivity contribution is -0.159. The van der Waals surface area contributed by atoms with Crippen molar-refractivity contribution in [1.82, 2.24) is 40.0 Å². The Morgan fingerprint density at radius 1 is 0.632 bits per heavy atom. The zero-order valence-electron chi connectivity index (χ0n) is 42.7. The van der Waals surface area contributed by atoms with Crippen molar-refractivity contribution in [1.29, 1.82) is 0 Å². The van der Waals surface area contributed by atoms with Crippen molar-refractivity contribution < 1.29 is 52.9 Å². The minimum absolute atomic E-state index is 0.00964. The molecule has 4 N–H and O–H groups in total. The number of imidazole rings is 2. The van der Waals surface area contributed by atoms with Gasteiger partial charge in [0.05, 0.1) is 19.0 Å². The van der Waals surface area contributed by atoms with E-state index in [4.69, 9.17) is 14.2 Å². The fourth-order valence-electron chi connectivity index (χ4n) is 7.14. The number of nitrogens with zero attached hydrogens (tertiary/aromatic N) is 5.